The molecule has 1 rings (SSSR count). The molecule has 0 aliphatic carbocycles. The molecule has 0 amide bonds. The summed E-state index contributed by atoms with van der Waals surface area (Å²) in [6.07, 6.45) is 0. The summed E-state index contributed by atoms with van der Waals surface area (Å²) in [5.41, 5.74) is -0.530. The summed E-state index contributed by atoms with van der Waals surface area (Å²) in [4.78, 5) is 0. The summed E-state index contributed by atoms with van der Waals surface area (Å²) >= 11 is 2.82. The minimum Gasteiger partial charge on any atom is -0.507 e. The Hall–Kier alpha value is -0.500. The lowest BCUT2D eigenvalue weighted by Gasteiger charge is -1.95. The molecule has 2 heteroatoms. The van der Waals surface area contributed by atoms with Crippen LogP contribution in [0.25, 0.3) is 0 Å². The molecule has 1 aromatic rings. The van der Waals surface area contributed by atoms with Crippen molar-refractivity contribution in [3.05, 3.63) is 28.2 Å². The number of aromatic hydroxyl groups is 1. The Labute approximate surface area is 70.9 Å². The van der Waals surface area contributed by atoms with E-state index in [4.69, 9.17) is 8.22 Å². The number of phenols is 1. The highest BCUT2D eigenvalue weighted by molar-refractivity contribution is 9.10. The lowest BCUT2D eigenvalue weighted by molar-refractivity contribution is 0.472. The minimum absolute atomic E-state index is 0.172. The highest BCUT2D eigenvalue weighted by Crippen LogP contribution is 2.23. The number of hydrogen-bond acceptors (Lipinski definition) is 1. The molecule has 0 aliphatic heterocycles. The summed E-state index contributed by atoms with van der Waals surface area (Å²) < 4.78 is 43.3. The minimum atomic E-state index is -2.64. The second kappa shape index (κ2) is 2.40. The van der Waals surface area contributed by atoms with Gasteiger partial charge in [-0.05, 0) is 40.4 Å². The molecule has 1 aromatic carbocycles. The van der Waals surface area contributed by atoms with Gasteiger partial charge in [0.05, 0.1) is 8.58 Å². The maximum absolute atomic E-state index is 9.30. The van der Waals surface area contributed by atoms with Crippen molar-refractivity contribution in [2.24, 2.45) is 0 Å². The van der Waals surface area contributed by atoms with E-state index in [2.05, 4.69) is 15.9 Å². The van der Waals surface area contributed by atoms with Crippen LogP contribution in [0.5, 0.6) is 5.75 Å². The van der Waals surface area contributed by atoms with Crippen LogP contribution in [-0.2, 0) is 0 Å². The van der Waals surface area contributed by atoms with E-state index < -0.39 is 36.3 Å². The first-order valence-corrected chi connectivity index (χ1v) is 2.96. The molecule has 0 aliphatic rings. The Morgan fingerprint density at radius 1 is 1.78 bits per heavy atom. The predicted molar refractivity (Wildman–Crippen MR) is 40.5 cm³/mol. The van der Waals surface area contributed by atoms with Crippen molar-refractivity contribution in [1.29, 1.82) is 0 Å². The number of benzene rings is 1. The molecule has 0 fully saturated rings. The Morgan fingerprint density at radius 2 is 2.56 bits per heavy atom. The average Bonchev–Trinajstić information content (AvgIpc) is 2.09. The zero-order valence-corrected chi connectivity index (χ0v) is 5.91. The SMILES string of the molecule is [2H]c1c([2H])c(C([2H])([2H])[2H])c([2H])c(Br)c1O. The van der Waals surface area contributed by atoms with Gasteiger partial charge in [0.15, 0.2) is 0 Å². The van der Waals surface area contributed by atoms with Crippen molar-refractivity contribution >= 4 is 15.9 Å². The molecule has 9 heavy (non-hydrogen) atoms. The zero-order chi connectivity index (χ0) is 12.0. The van der Waals surface area contributed by atoms with E-state index >= 15 is 0 Å². The standard InChI is InChI=1S/C7H7BrO/c1-5-2-3-7(9)6(8)4-5/h2-4,9H,1H3/i1D3,2D,3D,4D. The van der Waals surface area contributed by atoms with E-state index in [0.29, 0.717) is 0 Å². The summed E-state index contributed by atoms with van der Waals surface area (Å²) in [6, 6.07) is -1.71. The van der Waals surface area contributed by atoms with Crippen molar-refractivity contribution in [1.82, 2.24) is 0 Å². The van der Waals surface area contributed by atoms with Crippen molar-refractivity contribution in [2.75, 3.05) is 0 Å². The van der Waals surface area contributed by atoms with Crippen LogP contribution in [0.1, 0.15) is 13.8 Å². The maximum Gasteiger partial charge on any atom is 0.129 e. The van der Waals surface area contributed by atoms with Crippen molar-refractivity contribution in [3.8, 4) is 5.75 Å². The molecule has 48 valence electrons. The Morgan fingerprint density at radius 3 is 3.22 bits per heavy atom. The van der Waals surface area contributed by atoms with E-state index in [-0.39, 0.29) is 4.47 Å². The van der Waals surface area contributed by atoms with Gasteiger partial charge in [0.1, 0.15) is 5.75 Å². The first-order chi connectivity index (χ1) is 6.68. The number of phenolic OH excluding ortho intramolecular Hbond substituents is 1. The average molecular weight is 193 g/mol. The fourth-order valence-electron chi connectivity index (χ4n) is 0.377. The third-order valence-corrected chi connectivity index (χ3v) is 1.32. The maximum atomic E-state index is 9.30. The fraction of sp³-hybridized carbons (Fsp3) is 0.143. The molecule has 0 unspecified atom stereocenters. The van der Waals surface area contributed by atoms with Crippen LogP contribution in [0, 0.1) is 6.85 Å². The van der Waals surface area contributed by atoms with Crippen LogP contribution >= 0.6 is 15.9 Å². The quantitative estimate of drug-likeness (QED) is 0.670. The molecule has 0 atom stereocenters. The number of rotatable bonds is 0. The van der Waals surface area contributed by atoms with E-state index in [1.165, 1.54) is 0 Å². The third kappa shape index (κ3) is 1.45. The van der Waals surface area contributed by atoms with Crippen molar-refractivity contribution in [2.45, 2.75) is 6.85 Å². The first-order valence-electron chi connectivity index (χ1n) is 5.16. The van der Waals surface area contributed by atoms with Gasteiger partial charge in [0.25, 0.3) is 0 Å². The molecule has 0 heterocycles. The van der Waals surface area contributed by atoms with Crippen LogP contribution in [0.3, 0.4) is 0 Å². The molecule has 0 spiro atoms. The van der Waals surface area contributed by atoms with Crippen LogP contribution < -0.4 is 0 Å². The first kappa shape index (κ1) is 2.27. The third-order valence-electron chi connectivity index (χ3n) is 0.749. The summed E-state index contributed by atoms with van der Waals surface area (Å²) in [7, 11) is 0. The molecule has 0 bridgehead atoms. The zero-order valence-electron chi connectivity index (χ0n) is 10.3. The Balaban J connectivity index is 3.68. The highest BCUT2D eigenvalue weighted by atomic mass is 79.9. The van der Waals surface area contributed by atoms with E-state index in [9.17, 15) is 5.11 Å². The van der Waals surface area contributed by atoms with E-state index in [1.807, 2.05) is 0 Å². The molecule has 1 nitrogen and oxygen atoms in total. The monoisotopic (exact) mass is 192 g/mol. The van der Waals surface area contributed by atoms with Crippen molar-refractivity contribution in [3.63, 3.8) is 0 Å². The van der Waals surface area contributed by atoms with Crippen LogP contribution in [0.15, 0.2) is 22.6 Å². The predicted octanol–water partition coefficient (Wildman–Crippen LogP) is 2.46. The van der Waals surface area contributed by atoms with E-state index in [0.717, 1.165) is 0 Å². The van der Waals surface area contributed by atoms with Gasteiger partial charge in [-0.25, -0.2) is 0 Å². The topological polar surface area (TPSA) is 20.2 Å². The second-order valence-electron chi connectivity index (χ2n) is 1.41. The van der Waals surface area contributed by atoms with Crippen LogP contribution in [-0.4, -0.2) is 5.11 Å². The van der Waals surface area contributed by atoms with Gasteiger partial charge in [-0.3, -0.25) is 0 Å². The van der Waals surface area contributed by atoms with Crippen LogP contribution in [0.4, 0.5) is 0 Å². The second-order valence-corrected chi connectivity index (χ2v) is 2.21. The molecule has 0 aromatic heterocycles. The molecular weight excluding hydrogens is 180 g/mol. The van der Waals surface area contributed by atoms with Crippen molar-refractivity contribution < 1.29 is 13.3 Å². The lowest BCUT2D eigenvalue weighted by atomic mass is 10.2. The Kier molecular flexibility index (Phi) is 0.605. The lowest BCUT2D eigenvalue weighted by Crippen LogP contribution is -1.71. The summed E-state index contributed by atoms with van der Waals surface area (Å²) in [5.74, 6) is -0.585. The largest absolute Gasteiger partial charge is 0.507 e. The molecule has 1 N–H and O–H groups in total. The molecular formula is C7H7BrO. The molecule has 0 radical (unpaired) electrons. The highest BCUT2D eigenvalue weighted by Gasteiger charge is 1.93. The van der Waals surface area contributed by atoms with Gasteiger partial charge in [0, 0.05) is 4.11 Å². The normalized spacial score (nSPS) is 20.6. The smallest absolute Gasteiger partial charge is 0.129 e. The molecule has 0 saturated heterocycles. The van der Waals surface area contributed by atoms with Gasteiger partial charge in [-0.15, -0.1) is 0 Å². The van der Waals surface area contributed by atoms with Gasteiger partial charge in [0.2, 0.25) is 0 Å². The van der Waals surface area contributed by atoms with E-state index in [1.54, 1.807) is 0 Å². The summed E-state index contributed by atoms with van der Waals surface area (Å²) in [6.45, 7) is -2.64. The Bertz CT molecular complexity index is 384. The molecule has 0 saturated carbocycles. The van der Waals surface area contributed by atoms with Gasteiger partial charge >= 0.3 is 0 Å². The fourth-order valence-corrected chi connectivity index (χ4v) is 0.674. The van der Waals surface area contributed by atoms with Gasteiger partial charge < -0.3 is 5.11 Å². The van der Waals surface area contributed by atoms with Gasteiger partial charge in [-0.1, -0.05) is 6.04 Å². The summed E-state index contributed by atoms with van der Waals surface area (Å²) in [5, 5.41) is 9.30. The van der Waals surface area contributed by atoms with Gasteiger partial charge in [-0.2, -0.15) is 0 Å². The number of hydrogen-bond donors (Lipinski definition) is 1. The number of halogens is 1. The van der Waals surface area contributed by atoms with Crippen LogP contribution in [0.2, 0.25) is 0 Å².